The molecule has 3 atom stereocenters. The second-order valence-corrected chi connectivity index (χ2v) is 11.3. The van der Waals surface area contributed by atoms with E-state index < -0.39 is 0 Å². The van der Waals surface area contributed by atoms with Gasteiger partial charge in [0.2, 0.25) is 0 Å². The molecule has 0 nitrogen and oxygen atoms in total. The summed E-state index contributed by atoms with van der Waals surface area (Å²) in [5, 5.41) is 0. The standard InChI is InChI=1S/C22H39I/c1-16-3-5-18(6-4-16)7-8-19-9-11-20(12-10-19)22-14-13-21(23)15-17(22)2/h16-22H,3-15H2,1-2H3. The van der Waals surface area contributed by atoms with Gasteiger partial charge in [0.1, 0.15) is 0 Å². The van der Waals surface area contributed by atoms with Gasteiger partial charge in [0.05, 0.1) is 0 Å². The highest BCUT2D eigenvalue weighted by molar-refractivity contribution is 14.1. The number of hydrogen-bond acceptors (Lipinski definition) is 0. The summed E-state index contributed by atoms with van der Waals surface area (Å²) in [5.74, 6) is 6.34. The van der Waals surface area contributed by atoms with Gasteiger partial charge in [-0.2, -0.15) is 0 Å². The monoisotopic (exact) mass is 430 g/mol. The van der Waals surface area contributed by atoms with E-state index >= 15 is 0 Å². The normalized spacial score (nSPS) is 45.8. The minimum atomic E-state index is 0.966. The Morgan fingerprint density at radius 3 is 1.83 bits per heavy atom. The van der Waals surface area contributed by atoms with E-state index in [-0.39, 0.29) is 0 Å². The molecule has 0 aromatic carbocycles. The lowest BCUT2D eigenvalue weighted by molar-refractivity contribution is 0.120. The summed E-state index contributed by atoms with van der Waals surface area (Å²) in [5.41, 5.74) is 0. The summed E-state index contributed by atoms with van der Waals surface area (Å²) in [4.78, 5) is 0. The van der Waals surface area contributed by atoms with Gasteiger partial charge in [-0.25, -0.2) is 0 Å². The molecule has 0 spiro atoms. The number of alkyl halides is 1. The summed E-state index contributed by atoms with van der Waals surface area (Å²) in [6.07, 6.45) is 20.0. The molecule has 0 bridgehead atoms. The Kier molecular flexibility index (Phi) is 7.16. The Morgan fingerprint density at radius 2 is 1.26 bits per heavy atom. The molecule has 0 aromatic rings. The second kappa shape index (κ2) is 8.90. The molecule has 0 saturated heterocycles. The molecule has 3 rings (SSSR count). The lowest BCUT2D eigenvalue weighted by Gasteiger charge is -2.41. The summed E-state index contributed by atoms with van der Waals surface area (Å²) >= 11 is 2.69. The van der Waals surface area contributed by atoms with Crippen molar-refractivity contribution in [2.75, 3.05) is 0 Å². The highest BCUT2D eigenvalue weighted by Gasteiger charge is 2.34. The van der Waals surface area contributed by atoms with E-state index in [2.05, 4.69) is 36.4 Å². The van der Waals surface area contributed by atoms with Gasteiger partial charge in [-0.15, -0.1) is 0 Å². The van der Waals surface area contributed by atoms with Crippen LogP contribution in [0.1, 0.15) is 97.3 Å². The molecule has 1 heteroatoms. The van der Waals surface area contributed by atoms with Crippen LogP contribution in [0.2, 0.25) is 0 Å². The van der Waals surface area contributed by atoms with Gasteiger partial charge < -0.3 is 0 Å². The van der Waals surface area contributed by atoms with Crippen molar-refractivity contribution in [1.29, 1.82) is 0 Å². The van der Waals surface area contributed by atoms with E-state index in [4.69, 9.17) is 0 Å². The third kappa shape index (κ3) is 5.35. The first-order valence-corrected chi connectivity index (χ1v) is 12.0. The average molecular weight is 430 g/mol. The predicted molar refractivity (Wildman–Crippen MR) is 110 cm³/mol. The van der Waals surface area contributed by atoms with Gasteiger partial charge >= 0.3 is 0 Å². The molecular weight excluding hydrogens is 391 g/mol. The zero-order valence-electron chi connectivity index (χ0n) is 15.6. The van der Waals surface area contributed by atoms with Crippen molar-refractivity contribution in [3.05, 3.63) is 0 Å². The van der Waals surface area contributed by atoms with Gasteiger partial charge in [-0.05, 0) is 67.6 Å². The lowest BCUT2D eigenvalue weighted by atomic mass is 9.66. The average Bonchev–Trinajstić information content (AvgIpc) is 2.55. The Morgan fingerprint density at radius 1 is 0.696 bits per heavy atom. The van der Waals surface area contributed by atoms with E-state index in [1.54, 1.807) is 38.5 Å². The second-order valence-electron chi connectivity index (χ2n) is 9.54. The molecule has 3 aliphatic carbocycles. The maximum atomic E-state index is 2.69. The molecule has 134 valence electrons. The van der Waals surface area contributed by atoms with Crippen molar-refractivity contribution < 1.29 is 0 Å². The predicted octanol–water partition coefficient (Wildman–Crippen LogP) is 7.64. The van der Waals surface area contributed by atoms with E-state index in [1.807, 2.05) is 0 Å². The fourth-order valence-corrected chi connectivity index (χ4v) is 7.21. The van der Waals surface area contributed by atoms with E-state index in [0.29, 0.717) is 0 Å². The van der Waals surface area contributed by atoms with Gasteiger partial charge in [-0.3, -0.25) is 0 Å². The van der Waals surface area contributed by atoms with Gasteiger partial charge in [0, 0.05) is 3.92 Å². The molecule has 0 heterocycles. The lowest BCUT2D eigenvalue weighted by Crippen LogP contribution is -2.31. The van der Waals surface area contributed by atoms with Gasteiger partial charge in [-0.1, -0.05) is 87.8 Å². The third-order valence-electron chi connectivity index (χ3n) is 7.79. The molecule has 3 fully saturated rings. The molecule has 3 saturated carbocycles. The quantitative estimate of drug-likeness (QED) is 0.318. The Labute approximate surface area is 159 Å². The molecule has 0 amide bonds. The summed E-state index contributed by atoms with van der Waals surface area (Å²) in [6, 6.07) is 0. The van der Waals surface area contributed by atoms with Crippen LogP contribution >= 0.6 is 22.6 Å². The zero-order valence-corrected chi connectivity index (χ0v) is 17.8. The van der Waals surface area contributed by atoms with Crippen molar-refractivity contribution in [3.8, 4) is 0 Å². The fourth-order valence-electron chi connectivity index (χ4n) is 6.05. The number of halogens is 1. The van der Waals surface area contributed by atoms with Crippen molar-refractivity contribution in [2.24, 2.45) is 35.5 Å². The van der Waals surface area contributed by atoms with Crippen molar-refractivity contribution in [2.45, 2.75) is 101 Å². The smallest absolute Gasteiger partial charge is 0.0112 e. The highest BCUT2D eigenvalue weighted by atomic mass is 127. The molecule has 3 aliphatic rings. The molecule has 3 unspecified atom stereocenters. The molecular formula is C22H39I. The topological polar surface area (TPSA) is 0 Å². The Balaban J connectivity index is 1.35. The largest absolute Gasteiger partial charge is 0.0826 e. The van der Waals surface area contributed by atoms with Crippen molar-refractivity contribution >= 4 is 22.6 Å². The van der Waals surface area contributed by atoms with Crippen LogP contribution in [0.3, 0.4) is 0 Å². The minimum absolute atomic E-state index is 0.966. The SMILES string of the molecule is CC1CCC(CCC2CCC(C3CCC(I)CC3C)CC2)CC1. The van der Waals surface area contributed by atoms with Crippen LogP contribution in [0.25, 0.3) is 0 Å². The Hall–Kier alpha value is 0.730. The van der Waals surface area contributed by atoms with Gasteiger partial charge in [0.15, 0.2) is 0 Å². The van der Waals surface area contributed by atoms with Crippen LogP contribution in [-0.2, 0) is 0 Å². The Bertz CT molecular complexity index is 336. The first-order chi connectivity index (χ1) is 11.1. The van der Waals surface area contributed by atoms with Crippen molar-refractivity contribution in [3.63, 3.8) is 0 Å². The molecule has 0 N–H and O–H groups in total. The third-order valence-corrected chi connectivity index (χ3v) is 8.92. The summed E-state index contributed by atoms with van der Waals surface area (Å²) in [7, 11) is 0. The first-order valence-electron chi connectivity index (χ1n) is 10.8. The maximum absolute atomic E-state index is 2.69. The summed E-state index contributed by atoms with van der Waals surface area (Å²) in [6.45, 7) is 5.00. The summed E-state index contributed by atoms with van der Waals surface area (Å²) < 4.78 is 0.966. The minimum Gasteiger partial charge on any atom is -0.0826 e. The van der Waals surface area contributed by atoms with Crippen LogP contribution in [-0.4, -0.2) is 3.92 Å². The number of rotatable bonds is 4. The van der Waals surface area contributed by atoms with Crippen LogP contribution < -0.4 is 0 Å². The molecule has 0 radical (unpaired) electrons. The van der Waals surface area contributed by atoms with Crippen LogP contribution in [0.4, 0.5) is 0 Å². The first kappa shape index (κ1) is 18.5. The zero-order chi connectivity index (χ0) is 16.2. The highest BCUT2D eigenvalue weighted by Crippen LogP contribution is 2.45. The molecule has 0 aliphatic heterocycles. The molecule has 23 heavy (non-hydrogen) atoms. The van der Waals surface area contributed by atoms with E-state index in [9.17, 15) is 0 Å². The molecule has 0 aromatic heterocycles. The fraction of sp³-hybridized carbons (Fsp3) is 1.00. The van der Waals surface area contributed by atoms with E-state index in [0.717, 1.165) is 39.4 Å². The van der Waals surface area contributed by atoms with Crippen LogP contribution in [0.5, 0.6) is 0 Å². The van der Waals surface area contributed by atoms with E-state index in [1.165, 1.54) is 44.9 Å². The van der Waals surface area contributed by atoms with Crippen LogP contribution in [0, 0.1) is 35.5 Å². The van der Waals surface area contributed by atoms with Gasteiger partial charge in [0.25, 0.3) is 0 Å². The van der Waals surface area contributed by atoms with Crippen LogP contribution in [0.15, 0.2) is 0 Å². The van der Waals surface area contributed by atoms with Crippen molar-refractivity contribution in [1.82, 2.24) is 0 Å². The maximum Gasteiger partial charge on any atom is 0.0112 e. The number of hydrogen-bond donors (Lipinski definition) is 0.